The Balaban J connectivity index is 1.46. The molecule has 1 unspecified atom stereocenters. The second kappa shape index (κ2) is 8.63. The zero-order valence-electron chi connectivity index (χ0n) is 18.0. The molecule has 1 N–H and O–H groups in total. The minimum Gasteiger partial charge on any atom is -0.448 e. The Kier molecular flexibility index (Phi) is 5.75. The van der Waals surface area contributed by atoms with E-state index in [0.717, 1.165) is 41.9 Å². The van der Waals surface area contributed by atoms with Gasteiger partial charge < -0.3 is 15.0 Å². The number of rotatable bonds is 6. The summed E-state index contributed by atoms with van der Waals surface area (Å²) in [5.41, 5.74) is 4.84. The number of aromatic nitrogens is 2. The van der Waals surface area contributed by atoms with Crippen molar-refractivity contribution in [2.75, 3.05) is 24.3 Å². The van der Waals surface area contributed by atoms with E-state index in [-0.39, 0.29) is 5.91 Å². The maximum Gasteiger partial charge on any atom is 0.359 e. The molecule has 7 heteroatoms. The van der Waals surface area contributed by atoms with E-state index in [9.17, 15) is 9.59 Å². The number of fused-ring (bicyclic) bond motifs is 1. The molecule has 4 rings (SSSR count). The number of carbonyl (C=O) groups excluding carboxylic acids is 2. The van der Waals surface area contributed by atoms with Crippen molar-refractivity contribution in [2.45, 2.75) is 32.3 Å². The van der Waals surface area contributed by atoms with Crippen LogP contribution in [-0.2, 0) is 22.4 Å². The fourth-order valence-corrected chi connectivity index (χ4v) is 3.74. The first kappa shape index (κ1) is 20.7. The van der Waals surface area contributed by atoms with Crippen molar-refractivity contribution in [3.8, 4) is 5.69 Å². The molecule has 1 aliphatic carbocycles. The fraction of sp³-hybridized carbons (Fsp3) is 0.292. The van der Waals surface area contributed by atoms with E-state index in [4.69, 9.17) is 4.74 Å². The Morgan fingerprint density at radius 2 is 1.77 bits per heavy atom. The summed E-state index contributed by atoms with van der Waals surface area (Å²) >= 11 is 0. The lowest BCUT2D eigenvalue weighted by atomic mass is 10.2. The number of nitrogens with one attached hydrogen (secondary N) is 1. The smallest absolute Gasteiger partial charge is 0.359 e. The number of esters is 1. The number of amides is 1. The molecule has 1 heterocycles. The molecule has 0 aliphatic heterocycles. The first-order valence-electron chi connectivity index (χ1n) is 10.4. The van der Waals surface area contributed by atoms with Crippen LogP contribution in [0.1, 0.15) is 35.1 Å². The SMILES string of the molecule is CC(OC(=O)c1nn(-c2ccccc2)c2c1CCC2)C(=O)Nc1ccc(N(C)C)cc1. The number of anilines is 2. The van der Waals surface area contributed by atoms with Crippen LogP contribution < -0.4 is 10.2 Å². The second-order valence-corrected chi connectivity index (χ2v) is 7.85. The van der Waals surface area contributed by atoms with Gasteiger partial charge in [0, 0.05) is 36.7 Å². The van der Waals surface area contributed by atoms with Gasteiger partial charge in [-0.3, -0.25) is 4.79 Å². The van der Waals surface area contributed by atoms with Gasteiger partial charge in [0.05, 0.1) is 5.69 Å². The Morgan fingerprint density at radius 3 is 2.45 bits per heavy atom. The van der Waals surface area contributed by atoms with Crippen LogP contribution in [0.3, 0.4) is 0 Å². The van der Waals surface area contributed by atoms with E-state index >= 15 is 0 Å². The van der Waals surface area contributed by atoms with E-state index in [0.29, 0.717) is 11.4 Å². The molecule has 3 aromatic rings. The highest BCUT2D eigenvalue weighted by atomic mass is 16.5. The third-order valence-electron chi connectivity index (χ3n) is 5.43. The molecule has 1 amide bonds. The second-order valence-electron chi connectivity index (χ2n) is 7.85. The van der Waals surface area contributed by atoms with Gasteiger partial charge in [-0.1, -0.05) is 18.2 Å². The molecule has 0 fully saturated rings. The molecule has 2 aromatic carbocycles. The molecule has 31 heavy (non-hydrogen) atoms. The highest BCUT2D eigenvalue weighted by molar-refractivity contribution is 5.97. The zero-order valence-corrected chi connectivity index (χ0v) is 18.0. The van der Waals surface area contributed by atoms with Crippen LogP contribution in [0.15, 0.2) is 54.6 Å². The van der Waals surface area contributed by atoms with Crippen molar-refractivity contribution in [1.29, 1.82) is 0 Å². The molecular weight excluding hydrogens is 392 g/mol. The lowest BCUT2D eigenvalue weighted by molar-refractivity contribution is -0.123. The minimum atomic E-state index is -0.944. The van der Waals surface area contributed by atoms with E-state index in [1.165, 1.54) is 0 Å². The predicted molar refractivity (Wildman–Crippen MR) is 120 cm³/mol. The molecule has 1 atom stereocenters. The van der Waals surface area contributed by atoms with E-state index < -0.39 is 12.1 Å². The van der Waals surface area contributed by atoms with E-state index in [1.807, 2.05) is 78.3 Å². The number of ether oxygens (including phenoxy) is 1. The Morgan fingerprint density at radius 1 is 1.06 bits per heavy atom. The Labute approximate surface area is 181 Å². The van der Waals surface area contributed by atoms with Crippen LogP contribution in [0.25, 0.3) is 5.69 Å². The van der Waals surface area contributed by atoms with Crippen molar-refractivity contribution in [2.24, 2.45) is 0 Å². The van der Waals surface area contributed by atoms with Crippen LogP contribution in [0.4, 0.5) is 11.4 Å². The summed E-state index contributed by atoms with van der Waals surface area (Å²) in [5, 5.41) is 7.32. The number of para-hydroxylation sites is 1. The van der Waals surface area contributed by atoms with E-state index in [2.05, 4.69) is 10.4 Å². The molecular formula is C24H26N4O3. The first-order valence-corrected chi connectivity index (χ1v) is 10.4. The van der Waals surface area contributed by atoms with Gasteiger partial charge in [0.1, 0.15) is 0 Å². The topological polar surface area (TPSA) is 76.5 Å². The first-order chi connectivity index (χ1) is 14.9. The highest BCUT2D eigenvalue weighted by Gasteiger charge is 2.29. The lowest BCUT2D eigenvalue weighted by Crippen LogP contribution is -2.30. The fourth-order valence-electron chi connectivity index (χ4n) is 3.74. The summed E-state index contributed by atoms with van der Waals surface area (Å²) in [6.45, 7) is 1.57. The average molecular weight is 418 g/mol. The van der Waals surface area contributed by atoms with Crippen molar-refractivity contribution in [3.63, 3.8) is 0 Å². The molecule has 0 bridgehead atoms. The molecule has 160 valence electrons. The van der Waals surface area contributed by atoms with Crippen LogP contribution in [-0.4, -0.2) is 41.9 Å². The number of hydrogen-bond acceptors (Lipinski definition) is 5. The predicted octanol–water partition coefficient (Wildman–Crippen LogP) is 3.61. The van der Waals surface area contributed by atoms with Crippen molar-refractivity contribution in [3.05, 3.63) is 71.5 Å². The third kappa shape index (κ3) is 4.30. The molecule has 0 saturated heterocycles. The van der Waals surface area contributed by atoms with E-state index in [1.54, 1.807) is 6.92 Å². The summed E-state index contributed by atoms with van der Waals surface area (Å²) in [4.78, 5) is 27.4. The highest BCUT2D eigenvalue weighted by Crippen LogP contribution is 2.28. The molecule has 7 nitrogen and oxygen atoms in total. The normalized spacial score (nSPS) is 13.4. The van der Waals surface area contributed by atoms with Gasteiger partial charge in [-0.05, 0) is 62.6 Å². The molecule has 0 radical (unpaired) electrons. The van der Waals surface area contributed by atoms with Crippen LogP contribution in [0.5, 0.6) is 0 Å². The van der Waals surface area contributed by atoms with Crippen LogP contribution >= 0.6 is 0 Å². The maximum atomic E-state index is 12.9. The van der Waals surface area contributed by atoms with Gasteiger partial charge in [0.25, 0.3) is 5.91 Å². The van der Waals surface area contributed by atoms with Gasteiger partial charge in [0.15, 0.2) is 11.8 Å². The monoisotopic (exact) mass is 418 g/mol. The summed E-state index contributed by atoms with van der Waals surface area (Å²) in [6, 6.07) is 17.2. The number of nitrogens with zero attached hydrogens (tertiary/aromatic N) is 3. The molecule has 0 spiro atoms. The third-order valence-corrected chi connectivity index (χ3v) is 5.43. The summed E-state index contributed by atoms with van der Waals surface area (Å²) in [6.07, 6.45) is 1.67. The summed E-state index contributed by atoms with van der Waals surface area (Å²) in [7, 11) is 3.90. The van der Waals surface area contributed by atoms with Crippen LogP contribution in [0, 0.1) is 0 Å². The zero-order chi connectivity index (χ0) is 22.0. The van der Waals surface area contributed by atoms with Gasteiger partial charge in [0.2, 0.25) is 0 Å². The molecule has 0 saturated carbocycles. The largest absolute Gasteiger partial charge is 0.448 e. The standard InChI is InChI=1S/C24H26N4O3/c1-16(23(29)25-17-12-14-18(15-13-17)27(2)3)31-24(30)22-20-10-7-11-21(20)28(26-22)19-8-5-4-6-9-19/h4-6,8-9,12-16H,7,10-11H2,1-3H3,(H,25,29). The van der Waals surface area contributed by atoms with Gasteiger partial charge in [-0.15, -0.1) is 0 Å². The summed E-state index contributed by atoms with van der Waals surface area (Å²) < 4.78 is 7.29. The Hall–Kier alpha value is -3.61. The maximum absolute atomic E-state index is 12.9. The van der Waals surface area contributed by atoms with Crippen molar-refractivity contribution < 1.29 is 14.3 Å². The lowest BCUT2D eigenvalue weighted by Gasteiger charge is -2.15. The van der Waals surface area contributed by atoms with Crippen molar-refractivity contribution in [1.82, 2.24) is 9.78 Å². The van der Waals surface area contributed by atoms with Gasteiger partial charge in [-0.25, -0.2) is 9.48 Å². The quantitative estimate of drug-likeness (QED) is 0.619. The summed E-state index contributed by atoms with van der Waals surface area (Å²) in [5.74, 6) is -0.955. The number of carbonyl (C=O) groups is 2. The van der Waals surface area contributed by atoms with Gasteiger partial charge in [-0.2, -0.15) is 5.10 Å². The average Bonchev–Trinajstić information content (AvgIpc) is 3.37. The number of benzene rings is 2. The van der Waals surface area contributed by atoms with Crippen LogP contribution in [0.2, 0.25) is 0 Å². The van der Waals surface area contributed by atoms with Gasteiger partial charge >= 0.3 is 5.97 Å². The van der Waals surface area contributed by atoms with Crippen molar-refractivity contribution >= 4 is 23.3 Å². The molecule has 1 aromatic heterocycles. The Bertz CT molecular complexity index is 1090. The molecule has 1 aliphatic rings. The minimum absolute atomic E-state index is 0.298. The number of hydrogen-bond donors (Lipinski definition) is 1.